The summed E-state index contributed by atoms with van der Waals surface area (Å²) in [4.78, 5) is 20.1. The fourth-order valence-electron chi connectivity index (χ4n) is 1.93. The second kappa shape index (κ2) is 8.86. The monoisotopic (exact) mass is 366 g/mol. The van der Waals surface area contributed by atoms with E-state index in [2.05, 4.69) is 20.6 Å². The van der Waals surface area contributed by atoms with Crippen LogP contribution in [0.2, 0.25) is 5.15 Å². The number of nitrogens with one attached hydrogen (secondary N) is 2. The zero-order chi connectivity index (χ0) is 17.5. The first kappa shape index (κ1) is 18.5. The molecular formula is C16H19ClN4O2S. The van der Waals surface area contributed by atoms with E-state index in [0.29, 0.717) is 16.1 Å². The fourth-order valence-corrected chi connectivity index (χ4v) is 2.85. The Morgan fingerprint density at radius 1 is 1.33 bits per heavy atom. The van der Waals surface area contributed by atoms with Crippen LogP contribution in [0.5, 0.6) is 0 Å². The molecule has 0 radical (unpaired) electrons. The molecule has 0 fully saturated rings. The predicted octanol–water partition coefficient (Wildman–Crippen LogP) is 2.69. The van der Waals surface area contributed by atoms with Crippen molar-refractivity contribution in [2.75, 3.05) is 24.2 Å². The van der Waals surface area contributed by atoms with Crippen LogP contribution < -0.4 is 10.6 Å². The van der Waals surface area contributed by atoms with Gasteiger partial charge in [-0.1, -0.05) is 35.5 Å². The lowest BCUT2D eigenvalue weighted by Crippen LogP contribution is -2.27. The number of thioether (sulfide) groups is 1. The average Bonchev–Trinajstić information content (AvgIpc) is 2.55. The second-order valence-electron chi connectivity index (χ2n) is 5.09. The summed E-state index contributed by atoms with van der Waals surface area (Å²) in [5.74, 6) is 0.534. The summed E-state index contributed by atoms with van der Waals surface area (Å²) in [5, 5.41) is 15.2. The number of aliphatic hydroxyl groups excluding tert-OH is 1. The molecule has 1 aromatic carbocycles. The first-order chi connectivity index (χ1) is 11.5. The van der Waals surface area contributed by atoms with E-state index >= 15 is 0 Å². The number of rotatable bonds is 7. The van der Waals surface area contributed by atoms with Crippen molar-refractivity contribution in [2.24, 2.45) is 0 Å². The van der Waals surface area contributed by atoms with Crippen LogP contribution in [0.4, 0.5) is 11.5 Å². The number of carbonyl (C=O) groups is 1. The molecule has 128 valence electrons. The predicted molar refractivity (Wildman–Crippen MR) is 97.1 cm³/mol. The SMILES string of the molecule is Cc1cccc(Nc2cc(Cl)nc(SCC(=O)NCCO)n2)c1C. The summed E-state index contributed by atoms with van der Waals surface area (Å²) in [7, 11) is 0. The zero-order valence-corrected chi connectivity index (χ0v) is 15.0. The molecule has 24 heavy (non-hydrogen) atoms. The Labute approximate surface area is 150 Å². The van der Waals surface area contributed by atoms with Gasteiger partial charge in [0.05, 0.1) is 12.4 Å². The summed E-state index contributed by atoms with van der Waals surface area (Å²) < 4.78 is 0. The van der Waals surface area contributed by atoms with Gasteiger partial charge in [0.2, 0.25) is 5.91 Å². The van der Waals surface area contributed by atoms with Crippen molar-refractivity contribution in [3.05, 3.63) is 40.5 Å². The molecule has 8 heteroatoms. The molecule has 2 rings (SSSR count). The van der Waals surface area contributed by atoms with Crippen LogP contribution in [-0.2, 0) is 4.79 Å². The van der Waals surface area contributed by atoms with E-state index in [9.17, 15) is 4.79 Å². The van der Waals surface area contributed by atoms with E-state index < -0.39 is 0 Å². The lowest BCUT2D eigenvalue weighted by Gasteiger charge is -2.11. The molecule has 0 aliphatic heterocycles. The van der Waals surface area contributed by atoms with Crippen LogP contribution in [0.25, 0.3) is 0 Å². The molecule has 0 aliphatic rings. The normalized spacial score (nSPS) is 10.5. The van der Waals surface area contributed by atoms with Crippen LogP contribution in [-0.4, -0.2) is 39.9 Å². The topological polar surface area (TPSA) is 87.1 Å². The Balaban J connectivity index is 2.08. The van der Waals surface area contributed by atoms with Gasteiger partial charge in [-0.25, -0.2) is 9.97 Å². The van der Waals surface area contributed by atoms with Crippen LogP contribution in [0, 0.1) is 13.8 Å². The number of aryl methyl sites for hydroxylation is 1. The highest BCUT2D eigenvalue weighted by Crippen LogP contribution is 2.25. The second-order valence-corrected chi connectivity index (χ2v) is 6.42. The summed E-state index contributed by atoms with van der Waals surface area (Å²) in [6.07, 6.45) is 0. The summed E-state index contributed by atoms with van der Waals surface area (Å²) in [6, 6.07) is 7.61. The third-order valence-corrected chi connectivity index (χ3v) is 4.35. The van der Waals surface area contributed by atoms with Crippen molar-refractivity contribution in [3.63, 3.8) is 0 Å². The number of hydrogen-bond acceptors (Lipinski definition) is 6. The largest absolute Gasteiger partial charge is 0.395 e. The van der Waals surface area contributed by atoms with E-state index in [-0.39, 0.29) is 24.8 Å². The minimum atomic E-state index is -0.193. The molecule has 1 amide bonds. The average molecular weight is 367 g/mol. The molecule has 0 saturated carbocycles. The van der Waals surface area contributed by atoms with Gasteiger partial charge in [-0.2, -0.15) is 0 Å². The third kappa shape index (κ3) is 5.36. The summed E-state index contributed by atoms with van der Waals surface area (Å²) in [6.45, 7) is 4.21. The van der Waals surface area contributed by atoms with Crippen molar-refractivity contribution in [1.29, 1.82) is 0 Å². The maximum atomic E-state index is 11.6. The highest BCUT2D eigenvalue weighted by molar-refractivity contribution is 7.99. The number of amides is 1. The number of nitrogens with zero attached hydrogens (tertiary/aromatic N) is 2. The van der Waals surface area contributed by atoms with Crippen molar-refractivity contribution in [3.8, 4) is 0 Å². The third-order valence-electron chi connectivity index (χ3n) is 3.31. The van der Waals surface area contributed by atoms with E-state index in [0.717, 1.165) is 11.3 Å². The number of aromatic nitrogens is 2. The van der Waals surface area contributed by atoms with Crippen LogP contribution in [0.1, 0.15) is 11.1 Å². The van der Waals surface area contributed by atoms with E-state index in [1.165, 1.54) is 17.3 Å². The Bertz CT molecular complexity index is 727. The van der Waals surface area contributed by atoms with Gasteiger partial charge in [0.15, 0.2) is 5.16 Å². The standard InChI is InChI=1S/C16H19ClN4O2S/c1-10-4-3-5-12(11(10)2)19-14-8-13(17)20-16(21-14)24-9-15(23)18-6-7-22/h3-5,8,22H,6-7,9H2,1-2H3,(H,18,23)(H,19,20,21). The van der Waals surface area contributed by atoms with Gasteiger partial charge in [0.25, 0.3) is 0 Å². The number of halogens is 1. The Morgan fingerprint density at radius 2 is 2.12 bits per heavy atom. The van der Waals surface area contributed by atoms with E-state index in [4.69, 9.17) is 16.7 Å². The first-order valence-corrected chi connectivity index (χ1v) is 8.74. The van der Waals surface area contributed by atoms with Crippen molar-refractivity contribution < 1.29 is 9.90 Å². The van der Waals surface area contributed by atoms with Gasteiger partial charge in [0, 0.05) is 18.3 Å². The van der Waals surface area contributed by atoms with Gasteiger partial charge in [-0.15, -0.1) is 0 Å². The van der Waals surface area contributed by atoms with Gasteiger partial charge < -0.3 is 15.7 Å². The Kier molecular flexibility index (Phi) is 6.84. The Hall–Kier alpha value is -1.83. The van der Waals surface area contributed by atoms with Gasteiger partial charge in [-0.3, -0.25) is 4.79 Å². The lowest BCUT2D eigenvalue weighted by molar-refractivity contribution is -0.118. The number of aliphatic hydroxyl groups is 1. The molecule has 1 aromatic heterocycles. The highest BCUT2D eigenvalue weighted by Gasteiger charge is 2.09. The maximum absolute atomic E-state index is 11.6. The van der Waals surface area contributed by atoms with Crippen LogP contribution in [0.15, 0.2) is 29.4 Å². The molecule has 0 atom stereocenters. The number of hydrogen-bond donors (Lipinski definition) is 3. The molecule has 0 saturated heterocycles. The number of carbonyl (C=O) groups excluding carboxylic acids is 1. The van der Waals surface area contributed by atoms with E-state index in [1.54, 1.807) is 6.07 Å². The summed E-state index contributed by atoms with van der Waals surface area (Å²) in [5.41, 5.74) is 3.25. The maximum Gasteiger partial charge on any atom is 0.230 e. The molecule has 3 N–H and O–H groups in total. The molecule has 2 aromatic rings. The van der Waals surface area contributed by atoms with Gasteiger partial charge in [-0.05, 0) is 31.0 Å². The molecule has 0 bridgehead atoms. The fraction of sp³-hybridized carbons (Fsp3) is 0.312. The minimum Gasteiger partial charge on any atom is -0.395 e. The van der Waals surface area contributed by atoms with Crippen molar-refractivity contribution in [2.45, 2.75) is 19.0 Å². The minimum absolute atomic E-state index is 0.0893. The highest BCUT2D eigenvalue weighted by atomic mass is 35.5. The number of benzene rings is 1. The zero-order valence-electron chi connectivity index (χ0n) is 13.5. The molecule has 0 aliphatic carbocycles. The van der Waals surface area contributed by atoms with Gasteiger partial charge >= 0.3 is 0 Å². The molecule has 0 unspecified atom stereocenters. The number of anilines is 2. The molecule has 0 spiro atoms. The van der Waals surface area contributed by atoms with Crippen molar-refractivity contribution >= 4 is 40.8 Å². The molecule has 1 heterocycles. The molecular weight excluding hydrogens is 348 g/mol. The van der Waals surface area contributed by atoms with E-state index in [1.807, 2.05) is 32.0 Å². The van der Waals surface area contributed by atoms with Gasteiger partial charge in [0.1, 0.15) is 11.0 Å². The lowest BCUT2D eigenvalue weighted by atomic mass is 10.1. The quantitative estimate of drug-likeness (QED) is 0.397. The Morgan fingerprint density at radius 3 is 2.88 bits per heavy atom. The first-order valence-electron chi connectivity index (χ1n) is 7.38. The smallest absolute Gasteiger partial charge is 0.230 e. The van der Waals surface area contributed by atoms with Crippen LogP contribution >= 0.6 is 23.4 Å². The van der Waals surface area contributed by atoms with Crippen LogP contribution in [0.3, 0.4) is 0 Å². The molecule has 6 nitrogen and oxygen atoms in total. The van der Waals surface area contributed by atoms with Crippen molar-refractivity contribution in [1.82, 2.24) is 15.3 Å². The summed E-state index contributed by atoms with van der Waals surface area (Å²) >= 11 is 7.23.